The molecule has 3 aromatic rings. The van der Waals surface area contributed by atoms with Crippen LogP contribution in [-0.2, 0) is 24.1 Å². The van der Waals surface area contributed by atoms with E-state index >= 15 is 0 Å². The van der Waals surface area contributed by atoms with Crippen LogP contribution in [-0.4, -0.2) is 52.5 Å². The predicted octanol–water partition coefficient (Wildman–Crippen LogP) is 3.08. The van der Waals surface area contributed by atoms with Gasteiger partial charge in [0.2, 0.25) is 0 Å². The maximum Gasteiger partial charge on any atom is 0.288 e. The Labute approximate surface area is 181 Å². The summed E-state index contributed by atoms with van der Waals surface area (Å²) in [5, 5.41) is 5.13. The number of hydrogen-bond acceptors (Lipinski definition) is 5. The highest BCUT2D eigenvalue weighted by Gasteiger charge is 2.16. The van der Waals surface area contributed by atoms with Crippen molar-refractivity contribution in [3.8, 4) is 11.4 Å². The van der Waals surface area contributed by atoms with E-state index in [4.69, 9.17) is 16.3 Å². The largest absolute Gasteiger partial charge is 0.379 e. The minimum Gasteiger partial charge on any atom is -0.379 e. The highest BCUT2D eigenvalue weighted by Crippen LogP contribution is 2.24. The van der Waals surface area contributed by atoms with Gasteiger partial charge in [0, 0.05) is 25.2 Å². The molecule has 1 aromatic heterocycles. The molecular weight excluding hydrogens is 400 g/mol. The lowest BCUT2D eigenvalue weighted by Gasteiger charge is -2.26. The first-order valence-electron chi connectivity index (χ1n) is 10.3. The molecule has 0 radical (unpaired) electrons. The van der Waals surface area contributed by atoms with E-state index in [2.05, 4.69) is 27.1 Å². The summed E-state index contributed by atoms with van der Waals surface area (Å²) in [6.07, 6.45) is 1.30. The van der Waals surface area contributed by atoms with Crippen molar-refractivity contribution in [1.29, 1.82) is 0 Å². The minimum absolute atomic E-state index is 0.130. The van der Waals surface area contributed by atoms with Gasteiger partial charge in [0.25, 0.3) is 5.56 Å². The molecule has 4 rings (SSSR count). The van der Waals surface area contributed by atoms with Crippen molar-refractivity contribution < 1.29 is 4.74 Å². The second-order valence-corrected chi connectivity index (χ2v) is 7.74. The van der Waals surface area contributed by atoms with Gasteiger partial charge in [-0.15, -0.1) is 5.10 Å². The lowest BCUT2D eigenvalue weighted by Crippen LogP contribution is -2.40. The van der Waals surface area contributed by atoms with E-state index in [9.17, 15) is 4.79 Å². The van der Waals surface area contributed by atoms with Crippen molar-refractivity contribution in [2.75, 3.05) is 32.8 Å². The van der Waals surface area contributed by atoms with E-state index in [1.165, 1.54) is 5.56 Å². The Morgan fingerprint density at radius 3 is 2.43 bits per heavy atom. The van der Waals surface area contributed by atoms with Crippen molar-refractivity contribution in [2.24, 2.45) is 0 Å². The number of ether oxygens (including phenoxy) is 1. The summed E-state index contributed by atoms with van der Waals surface area (Å²) in [4.78, 5) is 20.0. The average molecular weight is 425 g/mol. The van der Waals surface area contributed by atoms with E-state index < -0.39 is 0 Å². The van der Waals surface area contributed by atoms with Crippen LogP contribution in [0.25, 0.3) is 11.4 Å². The van der Waals surface area contributed by atoms with Gasteiger partial charge >= 0.3 is 0 Å². The van der Waals surface area contributed by atoms with E-state index in [-0.39, 0.29) is 5.56 Å². The Bertz CT molecular complexity index is 1030. The molecule has 30 heavy (non-hydrogen) atoms. The summed E-state index contributed by atoms with van der Waals surface area (Å²) in [5.74, 6) is 0.491. The minimum atomic E-state index is -0.130. The number of hydrogen-bond donors (Lipinski definition) is 0. The highest BCUT2D eigenvalue weighted by atomic mass is 35.5. The molecule has 0 unspecified atom stereocenters. The van der Waals surface area contributed by atoms with Gasteiger partial charge in [0.1, 0.15) is 5.69 Å². The molecule has 0 N–H and O–H groups in total. The highest BCUT2D eigenvalue weighted by molar-refractivity contribution is 6.33. The van der Waals surface area contributed by atoms with Crippen LogP contribution < -0.4 is 5.56 Å². The monoisotopic (exact) mass is 424 g/mol. The number of morpholine rings is 1. The molecule has 0 saturated carbocycles. The maximum absolute atomic E-state index is 13.1. The molecule has 1 aliphatic rings. The molecule has 0 atom stereocenters. The van der Waals surface area contributed by atoms with Crippen LogP contribution in [0.3, 0.4) is 0 Å². The van der Waals surface area contributed by atoms with Crippen LogP contribution in [0.4, 0.5) is 0 Å². The molecule has 7 heteroatoms. The van der Waals surface area contributed by atoms with Crippen LogP contribution in [0.1, 0.15) is 11.3 Å². The first-order chi connectivity index (χ1) is 14.7. The Morgan fingerprint density at radius 2 is 1.67 bits per heavy atom. The zero-order valence-electron chi connectivity index (χ0n) is 16.8. The maximum atomic E-state index is 13.1. The normalized spacial score (nSPS) is 14.7. The van der Waals surface area contributed by atoms with Crippen LogP contribution in [0.5, 0.6) is 0 Å². The number of aryl methyl sites for hydroxylation is 2. The summed E-state index contributed by atoms with van der Waals surface area (Å²) >= 11 is 6.39. The molecule has 1 saturated heterocycles. The van der Waals surface area contributed by atoms with Crippen LogP contribution in [0, 0.1) is 0 Å². The van der Waals surface area contributed by atoms with E-state index in [0.717, 1.165) is 44.8 Å². The lowest BCUT2D eigenvalue weighted by molar-refractivity contribution is 0.0357. The molecule has 1 aliphatic heterocycles. The second kappa shape index (κ2) is 9.98. The fourth-order valence-corrected chi connectivity index (χ4v) is 3.77. The van der Waals surface area contributed by atoms with E-state index in [1.54, 1.807) is 4.68 Å². The number of rotatable bonds is 7. The first-order valence-corrected chi connectivity index (χ1v) is 10.7. The third-order valence-electron chi connectivity index (χ3n) is 5.28. The number of nitrogens with zero attached hydrogens (tertiary/aromatic N) is 4. The molecule has 156 valence electrons. The zero-order chi connectivity index (χ0) is 20.8. The molecular formula is C23H25ClN4O2. The predicted molar refractivity (Wildman–Crippen MR) is 118 cm³/mol. The fraction of sp³-hybridized carbons (Fsp3) is 0.348. The van der Waals surface area contributed by atoms with E-state index in [1.807, 2.05) is 42.5 Å². The van der Waals surface area contributed by atoms with Gasteiger partial charge in [-0.1, -0.05) is 54.1 Å². The zero-order valence-corrected chi connectivity index (χ0v) is 17.6. The second-order valence-electron chi connectivity index (χ2n) is 7.33. The summed E-state index contributed by atoms with van der Waals surface area (Å²) in [6, 6.07) is 17.6. The Morgan fingerprint density at radius 1 is 0.933 bits per heavy atom. The van der Waals surface area contributed by atoms with Gasteiger partial charge in [0.15, 0.2) is 5.82 Å². The van der Waals surface area contributed by atoms with Crippen molar-refractivity contribution in [2.45, 2.75) is 19.4 Å². The van der Waals surface area contributed by atoms with Crippen molar-refractivity contribution in [3.63, 3.8) is 0 Å². The summed E-state index contributed by atoms with van der Waals surface area (Å²) in [7, 11) is 0. The number of benzene rings is 2. The van der Waals surface area contributed by atoms with Gasteiger partial charge < -0.3 is 4.74 Å². The Balaban J connectivity index is 1.62. The molecule has 0 amide bonds. The van der Waals surface area contributed by atoms with Crippen LogP contribution in [0.2, 0.25) is 5.02 Å². The molecule has 0 aliphatic carbocycles. The molecule has 2 heterocycles. The van der Waals surface area contributed by atoms with Gasteiger partial charge in [0.05, 0.1) is 24.8 Å². The Hall–Kier alpha value is -2.54. The van der Waals surface area contributed by atoms with Gasteiger partial charge in [-0.25, -0.2) is 9.67 Å². The number of aromatic nitrogens is 3. The van der Waals surface area contributed by atoms with Crippen molar-refractivity contribution in [3.05, 3.63) is 81.2 Å². The molecule has 1 fully saturated rings. The number of halogens is 1. The third-order valence-corrected chi connectivity index (χ3v) is 5.61. The quantitative estimate of drug-likeness (QED) is 0.583. The molecule has 0 bridgehead atoms. The van der Waals surface area contributed by atoms with Crippen LogP contribution >= 0.6 is 11.6 Å². The summed E-state index contributed by atoms with van der Waals surface area (Å²) < 4.78 is 6.95. The van der Waals surface area contributed by atoms with E-state index in [0.29, 0.717) is 29.5 Å². The Kier molecular flexibility index (Phi) is 6.89. The lowest BCUT2D eigenvalue weighted by atomic mass is 10.1. The molecule has 6 nitrogen and oxygen atoms in total. The first kappa shape index (κ1) is 20.7. The van der Waals surface area contributed by atoms with Crippen molar-refractivity contribution in [1.82, 2.24) is 19.7 Å². The van der Waals surface area contributed by atoms with Gasteiger partial charge in [-0.05, 0) is 30.5 Å². The van der Waals surface area contributed by atoms with Gasteiger partial charge in [-0.2, -0.15) is 0 Å². The fourth-order valence-electron chi connectivity index (χ4n) is 3.55. The SMILES string of the molecule is O=c1c(CCc2ccccc2)nc(-c2ccccc2Cl)nn1CCN1CCOCC1. The summed E-state index contributed by atoms with van der Waals surface area (Å²) in [6.45, 7) is 4.46. The third kappa shape index (κ3) is 5.14. The molecule has 0 spiro atoms. The molecule has 2 aromatic carbocycles. The van der Waals surface area contributed by atoms with Gasteiger partial charge in [-0.3, -0.25) is 9.69 Å². The summed E-state index contributed by atoms with van der Waals surface area (Å²) in [5.41, 5.74) is 2.30. The average Bonchev–Trinajstić information content (AvgIpc) is 2.79. The topological polar surface area (TPSA) is 60.2 Å². The standard InChI is InChI=1S/C23H25ClN4O2/c24-20-9-5-4-8-19(20)22-25-21(11-10-18-6-2-1-3-7-18)23(29)28(26-22)13-12-27-14-16-30-17-15-27/h1-9H,10-17H2. The van der Waals surface area contributed by atoms with Crippen molar-refractivity contribution >= 4 is 11.6 Å². The smallest absolute Gasteiger partial charge is 0.288 e. The van der Waals surface area contributed by atoms with Crippen LogP contribution in [0.15, 0.2) is 59.4 Å².